The highest BCUT2D eigenvalue weighted by Crippen LogP contribution is 2.36. The molecule has 182 valence electrons. The van der Waals surface area contributed by atoms with E-state index in [1.165, 1.54) is 10.4 Å². The molecule has 2 N–H and O–H groups in total. The Labute approximate surface area is 200 Å². The number of hydrogen-bond acceptors (Lipinski definition) is 5. The van der Waals surface area contributed by atoms with E-state index in [2.05, 4.69) is 17.6 Å². The minimum absolute atomic E-state index is 0.0656. The lowest BCUT2D eigenvalue weighted by atomic mass is 9.96. The molecule has 2 amide bonds. The molecule has 34 heavy (non-hydrogen) atoms. The van der Waals surface area contributed by atoms with Crippen molar-refractivity contribution in [3.8, 4) is 5.75 Å². The summed E-state index contributed by atoms with van der Waals surface area (Å²) < 4.78 is 33.9. The molecule has 0 saturated carbocycles. The Morgan fingerprint density at radius 3 is 2.56 bits per heavy atom. The summed E-state index contributed by atoms with van der Waals surface area (Å²) in [6, 6.07) is 9.07. The van der Waals surface area contributed by atoms with Crippen molar-refractivity contribution in [3.05, 3.63) is 47.0 Å². The first kappa shape index (κ1) is 24.2. The van der Waals surface area contributed by atoms with Crippen molar-refractivity contribution in [2.45, 2.75) is 58.0 Å². The van der Waals surface area contributed by atoms with Gasteiger partial charge in [0.05, 0.1) is 10.6 Å². The minimum atomic E-state index is -3.77. The number of aryl methyl sites for hydroxylation is 3. The first-order valence-electron chi connectivity index (χ1n) is 11.6. The molecule has 2 heterocycles. The van der Waals surface area contributed by atoms with Crippen LogP contribution in [-0.2, 0) is 26.0 Å². The van der Waals surface area contributed by atoms with Crippen LogP contribution in [0.25, 0.3) is 0 Å². The second kappa shape index (κ2) is 9.38. The van der Waals surface area contributed by atoms with Gasteiger partial charge in [0, 0.05) is 30.8 Å². The standard InChI is InChI=1S/C25H31N3O5S/c1-5-18-8-6-7-15(2)23(18)27-25(30)19-9-11-28(12-10-19)34(31,32)22-14-21-20(13-16(22)3)26-24(29)17(4)33-21/h6-8,13-14,17,19H,5,9-12H2,1-4H3,(H,26,29)(H,27,30)/t17-/m0/s1. The minimum Gasteiger partial charge on any atom is -0.479 e. The average Bonchev–Trinajstić information content (AvgIpc) is 2.81. The number of ether oxygens (including phenoxy) is 1. The monoisotopic (exact) mass is 485 g/mol. The van der Waals surface area contributed by atoms with E-state index in [9.17, 15) is 18.0 Å². The highest BCUT2D eigenvalue weighted by molar-refractivity contribution is 7.89. The number of anilines is 2. The summed E-state index contributed by atoms with van der Waals surface area (Å²) in [5.41, 5.74) is 3.96. The molecular formula is C25H31N3O5S. The lowest BCUT2D eigenvalue weighted by Crippen LogP contribution is -2.41. The Morgan fingerprint density at radius 1 is 1.18 bits per heavy atom. The fourth-order valence-corrected chi connectivity index (χ4v) is 6.24. The van der Waals surface area contributed by atoms with Crippen LogP contribution in [-0.4, -0.2) is 43.7 Å². The molecule has 8 nitrogen and oxygen atoms in total. The molecule has 1 atom stereocenters. The zero-order chi connectivity index (χ0) is 24.6. The third kappa shape index (κ3) is 4.54. The van der Waals surface area contributed by atoms with E-state index in [1.54, 1.807) is 19.9 Å². The van der Waals surface area contributed by atoms with Gasteiger partial charge in [-0.2, -0.15) is 4.31 Å². The molecular weight excluding hydrogens is 454 g/mol. The van der Waals surface area contributed by atoms with Gasteiger partial charge in [0.2, 0.25) is 15.9 Å². The van der Waals surface area contributed by atoms with E-state index in [0.717, 1.165) is 23.2 Å². The van der Waals surface area contributed by atoms with Crippen molar-refractivity contribution in [2.24, 2.45) is 5.92 Å². The van der Waals surface area contributed by atoms with Crippen LogP contribution in [0.4, 0.5) is 11.4 Å². The quantitative estimate of drug-likeness (QED) is 0.673. The average molecular weight is 486 g/mol. The fraction of sp³-hybridized carbons (Fsp3) is 0.440. The van der Waals surface area contributed by atoms with Gasteiger partial charge in [0.1, 0.15) is 5.75 Å². The van der Waals surface area contributed by atoms with Crippen LogP contribution in [0, 0.1) is 19.8 Å². The number of sulfonamides is 1. The first-order chi connectivity index (χ1) is 16.1. The van der Waals surface area contributed by atoms with Gasteiger partial charge < -0.3 is 15.4 Å². The number of nitrogens with zero attached hydrogens (tertiary/aromatic N) is 1. The molecule has 1 fully saturated rings. The largest absolute Gasteiger partial charge is 0.479 e. The molecule has 0 radical (unpaired) electrons. The third-order valence-corrected chi connectivity index (χ3v) is 8.68. The van der Waals surface area contributed by atoms with Gasteiger partial charge in [-0.25, -0.2) is 8.42 Å². The lowest BCUT2D eigenvalue weighted by Gasteiger charge is -2.32. The number of carbonyl (C=O) groups excluding carboxylic acids is 2. The first-order valence-corrected chi connectivity index (χ1v) is 13.1. The molecule has 0 aliphatic carbocycles. The molecule has 2 aromatic carbocycles. The molecule has 1 saturated heterocycles. The number of piperidine rings is 1. The van der Waals surface area contributed by atoms with Crippen LogP contribution in [0.5, 0.6) is 5.75 Å². The molecule has 2 aliphatic rings. The number of rotatable bonds is 5. The van der Waals surface area contributed by atoms with Gasteiger partial charge in [-0.15, -0.1) is 0 Å². The molecule has 0 bridgehead atoms. The molecule has 0 aromatic heterocycles. The Hall–Kier alpha value is -2.91. The maximum Gasteiger partial charge on any atom is 0.265 e. The van der Waals surface area contributed by atoms with Crippen LogP contribution in [0.2, 0.25) is 0 Å². The Morgan fingerprint density at radius 2 is 1.88 bits per heavy atom. The van der Waals surface area contributed by atoms with E-state index < -0.39 is 16.1 Å². The second-order valence-corrected chi connectivity index (χ2v) is 10.9. The number of benzene rings is 2. The number of para-hydroxylation sites is 1. The topological polar surface area (TPSA) is 105 Å². The van der Waals surface area contributed by atoms with Gasteiger partial charge >= 0.3 is 0 Å². The maximum absolute atomic E-state index is 13.4. The Kier molecular flexibility index (Phi) is 6.69. The molecule has 4 rings (SSSR count). The lowest BCUT2D eigenvalue weighted by molar-refractivity contribution is -0.123. The number of nitrogens with one attached hydrogen (secondary N) is 2. The van der Waals surface area contributed by atoms with Crippen molar-refractivity contribution >= 4 is 33.2 Å². The molecule has 2 aromatic rings. The van der Waals surface area contributed by atoms with E-state index in [-0.39, 0.29) is 35.7 Å². The van der Waals surface area contributed by atoms with Crippen LogP contribution >= 0.6 is 0 Å². The van der Waals surface area contributed by atoms with Crippen LogP contribution in [0.15, 0.2) is 35.2 Å². The van der Waals surface area contributed by atoms with Crippen molar-refractivity contribution < 1.29 is 22.7 Å². The van der Waals surface area contributed by atoms with E-state index in [0.29, 0.717) is 29.8 Å². The molecule has 2 aliphatic heterocycles. The van der Waals surface area contributed by atoms with Crippen molar-refractivity contribution in [1.82, 2.24) is 4.31 Å². The Balaban J connectivity index is 1.47. The van der Waals surface area contributed by atoms with Crippen molar-refractivity contribution in [2.75, 3.05) is 23.7 Å². The number of fused-ring (bicyclic) bond motifs is 1. The van der Waals surface area contributed by atoms with Crippen LogP contribution in [0.1, 0.15) is 43.4 Å². The highest BCUT2D eigenvalue weighted by Gasteiger charge is 2.34. The summed E-state index contributed by atoms with van der Waals surface area (Å²) in [6.45, 7) is 7.86. The van der Waals surface area contributed by atoms with Crippen LogP contribution < -0.4 is 15.4 Å². The summed E-state index contributed by atoms with van der Waals surface area (Å²) in [7, 11) is -3.77. The SMILES string of the molecule is CCc1cccc(C)c1NC(=O)C1CCN(S(=O)(=O)c2cc3c(cc2C)NC(=O)[C@H](C)O3)CC1. The van der Waals surface area contributed by atoms with Gasteiger partial charge in [0.25, 0.3) is 5.91 Å². The van der Waals surface area contributed by atoms with Crippen LogP contribution in [0.3, 0.4) is 0 Å². The number of carbonyl (C=O) groups is 2. The van der Waals surface area contributed by atoms with Crippen molar-refractivity contribution in [1.29, 1.82) is 0 Å². The Bertz CT molecular complexity index is 1230. The van der Waals surface area contributed by atoms with E-state index in [4.69, 9.17) is 4.74 Å². The zero-order valence-corrected chi connectivity index (χ0v) is 20.8. The summed E-state index contributed by atoms with van der Waals surface area (Å²) >= 11 is 0. The number of amides is 2. The summed E-state index contributed by atoms with van der Waals surface area (Å²) in [6.07, 6.45) is 1.03. The predicted octanol–water partition coefficient (Wildman–Crippen LogP) is 3.62. The summed E-state index contributed by atoms with van der Waals surface area (Å²) in [5.74, 6) is -0.237. The highest BCUT2D eigenvalue weighted by atomic mass is 32.2. The van der Waals surface area contributed by atoms with Gasteiger partial charge in [-0.3, -0.25) is 9.59 Å². The molecule has 0 spiro atoms. The predicted molar refractivity (Wildman–Crippen MR) is 131 cm³/mol. The third-order valence-electron chi connectivity index (χ3n) is 6.64. The van der Waals surface area contributed by atoms with Crippen molar-refractivity contribution in [3.63, 3.8) is 0 Å². The maximum atomic E-state index is 13.4. The van der Waals surface area contributed by atoms with Gasteiger partial charge in [0.15, 0.2) is 6.10 Å². The zero-order valence-electron chi connectivity index (χ0n) is 20.0. The van der Waals surface area contributed by atoms with Gasteiger partial charge in [-0.1, -0.05) is 25.1 Å². The van der Waals surface area contributed by atoms with E-state index >= 15 is 0 Å². The molecule has 0 unspecified atom stereocenters. The van der Waals surface area contributed by atoms with Gasteiger partial charge in [-0.05, 0) is 62.8 Å². The molecule has 9 heteroatoms. The second-order valence-electron chi connectivity index (χ2n) is 8.99. The fourth-order valence-electron chi connectivity index (χ4n) is 4.55. The normalized spacial score (nSPS) is 19.2. The summed E-state index contributed by atoms with van der Waals surface area (Å²) in [5, 5.41) is 5.82. The smallest absolute Gasteiger partial charge is 0.265 e. The van der Waals surface area contributed by atoms with E-state index in [1.807, 2.05) is 25.1 Å². The summed E-state index contributed by atoms with van der Waals surface area (Å²) in [4.78, 5) is 25.0. The number of hydrogen-bond donors (Lipinski definition) is 2.